The Morgan fingerprint density at radius 3 is 2.33 bits per heavy atom. The van der Waals surface area contributed by atoms with Gasteiger partial charge in [-0.15, -0.1) is 0 Å². The first kappa shape index (κ1) is 30.9. The second-order valence-electron chi connectivity index (χ2n) is 12.3. The average molecular weight is 607 g/mol. The zero-order valence-corrected chi connectivity index (χ0v) is 24.0. The number of rotatable bonds is 8. The number of nitrogens with two attached hydrogens (primary N) is 1. The molecule has 3 aromatic rings. The van der Waals surface area contributed by atoms with Crippen molar-refractivity contribution in [1.29, 1.82) is 0 Å². The van der Waals surface area contributed by atoms with Crippen molar-refractivity contribution in [2.24, 2.45) is 17.6 Å². The van der Waals surface area contributed by atoms with E-state index in [9.17, 15) is 27.2 Å². The third-order valence-corrected chi connectivity index (χ3v) is 8.10. The SMILES string of the molecule is C1CC1.NC(=O)c1nocc1C1CC1.O=C(CC1CC(F)(F)C1)NCc1cnn2cc(CC3CCC(F)(F)CC3)nc2c1. The number of halogens is 4. The molecule has 4 aliphatic rings. The highest BCUT2D eigenvalue weighted by Gasteiger charge is 2.45. The first-order valence-corrected chi connectivity index (χ1v) is 15.1. The fourth-order valence-corrected chi connectivity index (χ4v) is 5.34. The molecule has 9 nitrogen and oxygen atoms in total. The van der Waals surface area contributed by atoms with Crippen LogP contribution in [0.15, 0.2) is 29.2 Å². The number of nitrogens with one attached hydrogen (secondary N) is 1. The Kier molecular flexibility index (Phi) is 9.36. The number of amides is 2. The second kappa shape index (κ2) is 13.0. The maximum Gasteiger partial charge on any atom is 0.271 e. The number of aromatic nitrogens is 4. The molecule has 0 bridgehead atoms. The molecule has 0 unspecified atom stereocenters. The summed E-state index contributed by atoms with van der Waals surface area (Å²) in [5.74, 6) is -5.47. The van der Waals surface area contributed by atoms with Crippen LogP contribution in [0.1, 0.15) is 110 Å². The summed E-state index contributed by atoms with van der Waals surface area (Å²) in [6.45, 7) is 0.255. The summed E-state index contributed by atoms with van der Waals surface area (Å²) >= 11 is 0. The highest BCUT2D eigenvalue weighted by atomic mass is 19.3. The molecule has 4 saturated carbocycles. The van der Waals surface area contributed by atoms with E-state index in [1.165, 1.54) is 25.5 Å². The summed E-state index contributed by atoms with van der Waals surface area (Å²) in [6, 6.07) is 1.81. The van der Waals surface area contributed by atoms with Gasteiger partial charge in [0.1, 0.15) is 6.26 Å². The van der Waals surface area contributed by atoms with Gasteiger partial charge in [0.2, 0.25) is 17.8 Å². The first-order chi connectivity index (χ1) is 20.5. The van der Waals surface area contributed by atoms with Gasteiger partial charge in [0.25, 0.3) is 5.91 Å². The number of nitrogens with zero attached hydrogens (tertiary/aromatic N) is 4. The largest absolute Gasteiger partial charge is 0.364 e. The van der Waals surface area contributed by atoms with E-state index in [-0.39, 0.29) is 56.4 Å². The summed E-state index contributed by atoms with van der Waals surface area (Å²) in [5.41, 5.74) is 8.45. The van der Waals surface area contributed by atoms with Crippen LogP contribution >= 0.6 is 0 Å². The van der Waals surface area contributed by atoms with Crippen LogP contribution < -0.4 is 11.1 Å². The van der Waals surface area contributed by atoms with Gasteiger partial charge in [-0.3, -0.25) is 9.59 Å². The van der Waals surface area contributed by atoms with Crippen molar-refractivity contribution in [3.05, 3.63) is 47.2 Å². The van der Waals surface area contributed by atoms with Gasteiger partial charge < -0.3 is 15.6 Å². The van der Waals surface area contributed by atoms with Gasteiger partial charge in [-0.05, 0) is 61.5 Å². The minimum atomic E-state index is -2.61. The van der Waals surface area contributed by atoms with Crippen molar-refractivity contribution < 1.29 is 31.7 Å². The Labute approximate surface area is 247 Å². The van der Waals surface area contributed by atoms with Crippen molar-refractivity contribution in [3.63, 3.8) is 0 Å². The molecule has 234 valence electrons. The molecule has 43 heavy (non-hydrogen) atoms. The summed E-state index contributed by atoms with van der Waals surface area (Å²) in [7, 11) is 0. The van der Waals surface area contributed by atoms with Gasteiger partial charge in [-0.25, -0.2) is 27.1 Å². The Balaban J connectivity index is 0.000000214. The number of alkyl halides is 4. The minimum Gasteiger partial charge on any atom is -0.364 e. The number of hydrogen-bond acceptors (Lipinski definition) is 6. The minimum absolute atomic E-state index is 0.0639. The summed E-state index contributed by atoms with van der Waals surface area (Å²) in [4.78, 5) is 27.2. The number of fused-ring (bicyclic) bond motifs is 1. The molecule has 0 atom stereocenters. The summed E-state index contributed by atoms with van der Waals surface area (Å²) < 4.78 is 58.6. The zero-order chi connectivity index (χ0) is 30.6. The van der Waals surface area contributed by atoms with Crippen molar-refractivity contribution in [2.45, 2.75) is 108 Å². The Hall–Kier alpha value is -3.51. The predicted molar refractivity (Wildman–Crippen MR) is 149 cm³/mol. The molecule has 2 amide bonds. The smallest absolute Gasteiger partial charge is 0.271 e. The maximum absolute atomic E-state index is 13.3. The van der Waals surface area contributed by atoms with Gasteiger partial charge in [-0.2, -0.15) is 5.10 Å². The Bertz CT molecular complexity index is 1400. The summed E-state index contributed by atoms with van der Waals surface area (Å²) in [5, 5.41) is 10.6. The fourth-order valence-electron chi connectivity index (χ4n) is 5.34. The monoisotopic (exact) mass is 606 g/mol. The zero-order valence-electron chi connectivity index (χ0n) is 24.0. The van der Waals surface area contributed by atoms with Crippen LogP contribution in [-0.2, 0) is 17.8 Å². The molecule has 0 aromatic carbocycles. The van der Waals surface area contributed by atoms with Crippen LogP contribution in [0.2, 0.25) is 0 Å². The van der Waals surface area contributed by atoms with Gasteiger partial charge >= 0.3 is 0 Å². The van der Waals surface area contributed by atoms with E-state index in [1.807, 2.05) is 6.07 Å². The van der Waals surface area contributed by atoms with Crippen LogP contribution in [0.5, 0.6) is 0 Å². The van der Waals surface area contributed by atoms with Crippen molar-refractivity contribution in [2.75, 3.05) is 0 Å². The van der Waals surface area contributed by atoms with Crippen LogP contribution in [0.25, 0.3) is 5.65 Å². The molecule has 3 N–H and O–H groups in total. The molecular formula is C30H38F4N6O3. The summed E-state index contributed by atoms with van der Waals surface area (Å²) in [6.07, 6.45) is 12.9. The quantitative estimate of drug-likeness (QED) is 0.304. The molecule has 7 rings (SSSR count). The third-order valence-electron chi connectivity index (χ3n) is 8.10. The van der Waals surface area contributed by atoms with Crippen molar-refractivity contribution in [3.8, 4) is 0 Å². The first-order valence-electron chi connectivity index (χ1n) is 15.1. The molecule has 0 radical (unpaired) electrons. The van der Waals surface area contributed by atoms with Gasteiger partial charge in [0, 0.05) is 44.2 Å². The number of carbonyl (C=O) groups is 2. The number of imidazole rings is 1. The molecule has 0 aliphatic heterocycles. The molecule has 0 spiro atoms. The van der Waals surface area contributed by atoms with Gasteiger partial charge in [0.05, 0.1) is 18.1 Å². The fraction of sp³-hybridized carbons (Fsp3) is 0.633. The van der Waals surface area contributed by atoms with Gasteiger partial charge in [0.15, 0.2) is 11.3 Å². The molecule has 4 aliphatic carbocycles. The third kappa shape index (κ3) is 9.24. The topological polar surface area (TPSA) is 128 Å². The second-order valence-corrected chi connectivity index (χ2v) is 12.3. The Morgan fingerprint density at radius 2 is 1.72 bits per heavy atom. The molecule has 0 saturated heterocycles. The highest BCUT2D eigenvalue weighted by Crippen LogP contribution is 2.44. The van der Waals surface area contributed by atoms with E-state index < -0.39 is 17.8 Å². The molecular weight excluding hydrogens is 568 g/mol. The molecule has 13 heteroatoms. The normalized spacial score (nSPS) is 20.7. The van der Waals surface area contributed by atoms with Gasteiger partial charge in [-0.1, -0.05) is 24.4 Å². The number of hydrogen-bond donors (Lipinski definition) is 2. The van der Waals surface area contributed by atoms with Crippen LogP contribution in [0.4, 0.5) is 17.6 Å². The lowest BCUT2D eigenvalue weighted by molar-refractivity contribution is -0.133. The average Bonchev–Trinajstić information content (AvgIpc) is 3.88. The van der Waals surface area contributed by atoms with E-state index in [1.54, 1.807) is 16.9 Å². The molecule has 3 heterocycles. The van der Waals surface area contributed by atoms with Crippen LogP contribution in [0, 0.1) is 11.8 Å². The van der Waals surface area contributed by atoms with E-state index >= 15 is 0 Å². The van der Waals surface area contributed by atoms with E-state index in [0.717, 1.165) is 29.7 Å². The van der Waals surface area contributed by atoms with Crippen LogP contribution in [0.3, 0.4) is 0 Å². The standard InChI is InChI=1S/C20H24F4N4O.C7H8N2O2.C3H6/c21-19(22)3-1-13(2-4-19)5-16-12-28-17(27-16)6-15(11-26-28)10-25-18(29)7-14-8-20(23,24)9-14;8-7(10)6-5(3-11-9-6)4-1-2-4;1-2-3-1/h6,11-14H,1-5,7-10H2,(H,25,29);3-4H,1-2H2,(H2,8,10);1-3H2. The highest BCUT2D eigenvalue weighted by molar-refractivity contribution is 5.92. The number of primary amides is 1. The predicted octanol–water partition coefficient (Wildman–Crippen LogP) is 5.97. The van der Waals surface area contributed by atoms with E-state index in [0.29, 0.717) is 36.5 Å². The van der Waals surface area contributed by atoms with Crippen LogP contribution in [-0.4, -0.2) is 43.4 Å². The van der Waals surface area contributed by atoms with Crippen molar-refractivity contribution >= 4 is 17.5 Å². The lowest BCUT2D eigenvalue weighted by Crippen LogP contribution is -2.38. The maximum atomic E-state index is 13.3. The van der Waals surface area contributed by atoms with Crippen molar-refractivity contribution in [1.82, 2.24) is 25.1 Å². The van der Waals surface area contributed by atoms with E-state index in [2.05, 4.69) is 25.1 Å². The number of carbonyl (C=O) groups excluding carboxylic acids is 2. The lowest BCUT2D eigenvalue weighted by atomic mass is 9.79. The molecule has 4 fully saturated rings. The lowest BCUT2D eigenvalue weighted by Gasteiger charge is -2.34. The van der Waals surface area contributed by atoms with E-state index in [4.69, 9.17) is 5.73 Å². The Morgan fingerprint density at radius 1 is 1.02 bits per heavy atom. The molecule has 3 aromatic heterocycles.